The van der Waals surface area contributed by atoms with E-state index in [0.29, 0.717) is 12.8 Å². The number of carbonyl (C=O) groups excluding carboxylic acids is 1. The molecule has 0 saturated carbocycles. The van der Waals surface area contributed by atoms with Crippen molar-refractivity contribution in [3.8, 4) is 0 Å². The number of nitrogens with zero attached hydrogens (tertiary/aromatic N) is 3. The van der Waals surface area contributed by atoms with Gasteiger partial charge in [-0.25, -0.2) is 4.68 Å². The van der Waals surface area contributed by atoms with Crippen LogP contribution < -0.4 is 5.32 Å². The summed E-state index contributed by atoms with van der Waals surface area (Å²) in [4.78, 5) is 12.0. The monoisotopic (exact) mass is 288 g/mol. The predicted molar refractivity (Wildman–Crippen MR) is 80.0 cm³/mol. The summed E-state index contributed by atoms with van der Waals surface area (Å²) < 4.78 is 1.51. The Balaban J connectivity index is 1.95. The van der Waals surface area contributed by atoms with E-state index in [1.54, 1.807) is 6.20 Å². The molecule has 0 fully saturated rings. The number of hydrogen-bond acceptors (Lipinski definition) is 4. The fourth-order valence-electron chi connectivity index (χ4n) is 2.01. The van der Waals surface area contributed by atoms with Crippen molar-refractivity contribution in [1.82, 2.24) is 15.0 Å². The maximum atomic E-state index is 12.0. The molecule has 21 heavy (non-hydrogen) atoms. The summed E-state index contributed by atoms with van der Waals surface area (Å²) in [5.74, 6) is -0.137. The fraction of sp³-hybridized carbons (Fsp3) is 0.400. The molecule has 0 saturated heterocycles. The Bertz CT molecular complexity index is 622. The number of aliphatic hydroxyl groups is 1. The van der Waals surface area contributed by atoms with E-state index in [9.17, 15) is 4.79 Å². The van der Waals surface area contributed by atoms with Gasteiger partial charge in [0, 0.05) is 18.5 Å². The molecule has 1 amide bonds. The highest BCUT2D eigenvalue weighted by Gasteiger charge is 2.08. The molecule has 2 aromatic rings. The van der Waals surface area contributed by atoms with Crippen molar-refractivity contribution in [1.29, 1.82) is 0 Å². The number of aliphatic hydroxyl groups excluding tert-OH is 1. The smallest absolute Gasteiger partial charge is 0.246 e. The van der Waals surface area contributed by atoms with Crippen molar-refractivity contribution in [2.24, 2.45) is 0 Å². The summed E-state index contributed by atoms with van der Waals surface area (Å²) in [6.07, 6.45) is 3.04. The summed E-state index contributed by atoms with van der Waals surface area (Å²) in [6.45, 7) is 4.24. The van der Waals surface area contributed by atoms with Gasteiger partial charge in [0.25, 0.3) is 0 Å². The number of aromatic nitrogens is 3. The standard InChI is InChI=1S/C15H20N4O2/c1-11-5-3-7-14(12(11)2)16-15(21)10-19-9-13(17-18-19)6-4-8-20/h3,5,7,9,20H,4,6,8,10H2,1-2H3,(H,16,21). The summed E-state index contributed by atoms with van der Waals surface area (Å²) in [6, 6.07) is 5.81. The molecule has 0 atom stereocenters. The van der Waals surface area contributed by atoms with Crippen LogP contribution in [0.15, 0.2) is 24.4 Å². The quantitative estimate of drug-likeness (QED) is 0.843. The molecule has 0 radical (unpaired) electrons. The molecule has 6 nitrogen and oxygen atoms in total. The molecule has 1 heterocycles. The lowest BCUT2D eigenvalue weighted by Crippen LogP contribution is -2.19. The lowest BCUT2D eigenvalue weighted by molar-refractivity contribution is -0.116. The zero-order valence-electron chi connectivity index (χ0n) is 12.3. The van der Waals surface area contributed by atoms with E-state index in [0.717, 1.165) is 22.5 Å². The van der Waals surface area contributed by atoms with Crippen molar-refractivity contribution in [3.63, 3.8) is 0 Å². The van der Waals surface area contributed by atoms with Crippen molar-refractivity contribution < 1.29 is 9.90 Å². The van der Waals surface area contributed by atoms with Crippen molar-refractivity contribution >= 4 is 11.6 Å². The first kappa shape index (κ1) is 15.2. The molecule has 0 spiro atoms. The van der Waals surface area contributed by atoms with Crippen molar-refractivity contribution in [3.05, 3.63) is 41.2 Å². The normalized spacial score (nSPS) is 10.6. The number of rotatable bonds is 6. The second kappa shape index (κ2) is 6.99. The Morgan fingerprint density at radius 2 is 2.19 bits per heavy atom. The van der Waals surface area contributed by atoms with E-state index >= 15 is 0 Å². The van der Waals surface area contributed by atoms with Crippen LogP contribution in [0.4, 0.5) is 5.69 Å². The highest BCUT2D eigenvalue weighted by atomic mass is 16.2. The van der Waals surface area contributed by atoms with E-state index in [1.165, 1.54) is 4.68 Å². The molecule has 0 aliphatic heterocycles. The van der Waals surface area contributed by atoms with Gasteiger partial charge in [0.1, 0.15) is 6.54 Å². The van der Waals surface area contributed by atoms with Gasteiger partial charge in [-0.3, -0.25) is 4.79 Å². The topological polar surface area (TPSA) is 80.0 Å². The van der Waals surface area contributed by atoms with Crippen LogP contribution >= 0.6 is 0 Å². The van der Waals surface area contributed by atoms with Gasteiger partial charge < -0.3 is 10.4 Å². The van der Waals surface area contributed by atoms with E-state index < -0.39 is 0 Å². The number of amides is 1. The lowest BCUT2D eigenvalue weighted by Gasteiger charge is -2.10. The molecular formula is C15H20N4O2. The molecule has 1 aromatic heterocycles. The van der Waals surface area contributed by atoms with Gasteiger partial charge in [-0.1, -0.05) is 17.3 Å². The van der Waals surface area contributed by atoms with E-state index in [2.05, 4.69) is 15.6 Å². The zero-order chi connectivity index (χ0) is 15.2. The van der Waals surface area contributed by atoms with Gasteiger partial charge in [-0.05, 0) is 43.9 Å². The minimum atomic E-state index is -0.137. The summed E-state index contributed by atoms with van der Waals surface area (Å²) in [7, 11) is 0. The largest absolute Gasteiger partial charge is 0.396 e. The summed E-state index contributed by atoms with van der Waals surface area (Å²) in [5.41, 5.74) is 3.80. The van der Waals surface area contributed by atoms with Crippen LogP contribution in [0.2, 0.25) is 0 Å². The van der Waals surface area contributed by atoms with Gasteiger partial charge in [0.05, 0.1) is 5.69 Å². The molecule has 112 valence electrons. The van der Waals surface area contributed by atoms with Gasteiger partial charge >= 0.3 is 0 Å². The lowest BCUT2D eigenvalue weighted by atomic mass is 10.1. The number of benzene rings is 1. The van der Waals surface area contributed by atoms with Gasteiger partial charge in [0.2, 0.25) is 5.91 Å². The first-order chi connectivity index (χ1) is 10.1. The molecule has 0 bridgehead atoms. The summed E-state index contributed by atoms with van der Waals surface area (Å²) >= 11 is 0. The van der Waals surface area contributed by atoms with Crippen LogP contribution in [0.5, 0.6) is 0 Å². The Kier molecular flexibility index (Phi) is 5.05. The Hall–Kier alpha value is -2.21. The number of carbonyl (C=O) groups is 1. The van der Waals surface area contributed by atoms with Gasteiger partial charge in [-0.15, -0.1) is 5.10 Å². The predicted octanol–water partition coefficient (Wildman–Crippen LogP) is 1.46. The maximum absolute atomic E-state index is 12.0. The second-order valence-electron chi connectivity index (χ2n) is 5.03. The third kappa shape index (κ3) is 4.13. The second-order valence-corrected chi connectivity index (χ2v) is 5.03. The molecule has 2 N–H and O–H groups in total. The SMILES string of the molecule is Cc1cccc(NC(=O)Cn2cc(CCCO)nn2)c1C. The van der Waals surface area contributed by atoms with Gasteiger partial charge in [-0.2, -0.15) is 0 Å². The number of anilines is 1. The number of nitrogens with one attached hydrogen (secondary N) is 1. The number of aryl methyl sites for hydroxylation is 2. The third-order valence-electron chi connectivity index (χ3n) is 3.36. The van der Waals surface area contributed by atoms with Crippen molar-refractivity contribution in [2.45, 2.75) is 33.2 Å². The zero-order valence-corrected chi connectivity index (χ0v) is 12.3. The van der Waals surface area contributed by atoms with Crippen LogP contribution in [0.25, 0.3) is 0 Å². The van der Waals surface area contributed by atoms with Crippen LogP contribution in [-0.2, 0) is 17.8 Å². The Labute approximate surface area is 123 Å². The molecule has 1 aromatic carbocycles. The van der Waals surface area contributed by atoms with Crippen LogP contribution in [0, 0.1) is 13.8 Å². The molecular weight excluding hydrogens is 268 g/mol. The van der Waals surface area contributed by atoms with Gasteiger partial charge in [0.15, 0.2) is 0 Å². The molecule has 6 heteroatoms. The molecule has 2 rings (SSSR count). The first-order valence-corrected chi connectivity index (χ1v) is 6.96. The third-order valence-corrected chi connectivity index (χ3v) is 3.36. The molecule has 0 aliphatic carbocycles. The van der Waals surface area contributed by atoms with Crippen molar-refractivity contribution in [2.75, 3.05) is 11.9 Å². The summed E-state index contributed by atoms with van der Waals surface area (Å²) in [5, 5.41) is 19.5. The minimum Gasteiger partial charge on any atom is -0.396 e. The van der Waals surface area contributed by atoms with Crippen LogP contribution in [-0.4, -0.2) is 32.6 Å². The van der Waals surface area contributed by atoms with E-state index in [4.69, 9.17) is 5.11 Å². The average molecular weight is 288 g/mol. The average Bonchev–Trinajstić information content (AvgIpc) is 2.89. The molecule has 0 unspecified atom stereocenters. The van der Waals surface area contributed by atoms with E-state index in [-0.39, 0.29) is 19.1 Å². The Morgan fingerprint density at radius 1 is 1.38 bits per heavy atom. The Morgan fingerprint density at radius 3 is 2.95 bits per heavy atom. The highest BCUT2D eigenvalue weighted by molar-refractivity contribution is 5.91. The maximum Gasteiger partial charge on any atom is 0.246 e. The van der Waals surface area contributed by atoms with Crippen LogP contribution in [0.1, 0.15) is 23.2 Å². The first-order valence-electron chi connectivity index (χ1n) is 6.96. The highest BCUT2D eigenvalue weighted by Crippen LogP contribution is 2.17. The molecule has 0 aliphatic rings. The minimum absolute atomic E-state index is 0.125. The fourth-order valence-corrected chi connectivity index (χ4v) is 2.01. The number of hydrogen-bond donors (Lipinski definition) is 2. The van der Waals surface area contributed by atoms with Crippen LogP contribution in [0.3, 0.4) is 0 Å². The van der Waals surface area contributed by atoms with E-state index in [1.807, 2.05) is 32.0 Å².